The van der Waals surface area contributed by atoms with E-state index in [2.05, 4.69) is 0 Å². The second-order valence-corrected chi connectivity index (χ2v) is 5.34. The summed E-state index contributed by atoms with van der Waals surface area (Å²) in [6.45, 7) is 0. The minimum Gasteiger partial charge on any atom is -0.352 e. The van der Waals surface area contributed by atoms with E-state index in [1.807, 2.05) is 36.4 Å². The molecule has 2 aromatic rings. The maximum atomic E-state index is 12.8. The number of thioether (sulfide) groups is 1. The Bertz CT molecular complexity index is 521. The molecule has 0 unspecified atom stereocenters. The van der Waals surface area contributed by atoms with Gasteiger partial charge in [-0.15, -0.1) is 11.8 Å². The largest absolute Gasteiger partial charge is 0.352 e. The van der Waals surface area contributed by atoms with Crippen LogP contribution in [0.1, 0.15) is 17.4 Å². The molecule has 0 aromatic heterocycles. The summed E-state index contributed by atoms with van der Waals surface area (Å²) in [5.74, 6) is 0.616. The number of rotatable bonds is 6. The van der Waals surface area contributed by atoms with Gasteiger partial charge in [0, 0.05) is 30.4 Å². The highest BCUT2D eigenvalue weighted by Crippen LogP contribution is 2.25. The predicted octanol–water partition coefficient (Wildman–Crippen LogP) is 4.41. The predicted molar refractivity (Wildman–Crippen MR) is 79.2 cm³/mol. The summed E-state index contributed by atoms with van der Waals surface area (Å²) < 4.78 is 23.2. The summed E-state index contributed by atoms with van der Waals surface area (Å²) in [5.41, 5.74) is 2.09. The number of halogens is 1. The van der Waals surface area contributed by atoms with Gasteiger partial charge in [0.15, 0.2) is 6.29 Å². The summed E-state index contributed by atoms with van der Waals surface area (Å²) in [6, 6.07) is 14.6. The summed E-state index contributed by atoms with van der Waals surface area (Å²) >= 11 is 1.71. The molecule has 0 saturated heterocycles. The Labute approximate surface area is 122 Å². The molecule has 0 N–H and O–H groups in total. The Hall–Kier alpha value is -1.36. The highest BCUT2D eigenvalue weighted by Gasteiger charge is 2.08. The van der Waals surface area contributed by atoms with E-state index in [0.717, 1.165) is 21.8 Å². The van der Waals surface area contributed by atoms with Gasteiger partial charge in [-0.1, -0.05) is 24.3 Å². The zero-order valence-electron chi connectivity index (χ0n) is 11.5. The van der Waals surface area contributed by atoms with Crippen LogP contribution in [0.3, 0.4) is 0 Å². The molecule has 0 bridgehead atoms. The molecule has 0 aliphatic carbocycles. The van der Waals surface area contributed by atoms with Gasteiger partial charge in [-0.25, -0.2) is 4.39 Å². The van der Waals surface area contributed by atoms with Gasteiger partial charge in [-0.3, -0.25) is 0 Å². The molecule has 0 amide bonds. The van der Waals surface area contributed by atoms with Crippen molar-refractivity contribution >= 4 is 11.8 Å². The summed E-state index contributed by atoms with van der Waals surface area (Å²) in [4.78, 5) is 1.16. The molecular weight excluding hydrogens is 275 g/mol. The molecule has 4 heteroatoms. The molecule has 0 fully saturated rings. The van der Waals surface area contributed by atoms with Gasteiger partial charge in [0.25, 0.3) is 0 Å². The van der Waals surface area contributed by atoms with Crippen molar-refractivity contribution in [2.75, 3.05) is 14.2 Å². The zero-order chi connectivity index (χ0) is 14.4. The fourth-order valence-corrected chi connectivity index (χ4v) is 2.69. The van der Waals surface area contributed by atoms with Gasteiger partial charge in [0.1, 0.15) is 5.82 Å². The quantitative estimate of drug-likeness (QED) is 0.580. The molecule has 2 nitrogen and oxygen atoms in total. The second kappa shape index (κ2) is 7.43. The van der Waals surface area contributed by atoms with Crippen molar-refractivity contribution < 1.29 is 13.9 Å². The average Bonchev–Trinajstić information content (AvgIpc) is 2.49. The van der Waals surface area contributed by atoms with Crippen LogP contribution in [0.25, 0.3) is 0 Å². The normalized spacial score (nSPS) is 11.0. The van der Waals surface area contributed by atoms with Crippen molar-refractivity contribution in [2.24, 2.45) is 0 Å². The third-order valence-electron chi connectivity index (χ3n) is 2.90. The van der Waals surface area contributed by atoms with Gasteiger partial charge >= 0.3 is 0 Å². The molecule has 0 aliphatic heterocycles. The van der Waals surface area contributed by atoms with E-state index in [9.17, 15) is 4.39 Å². The molecule has 0 aliphatic rings. The van der Waals surface area contributed by atoms with Gasteiger partial charge in [0.05, 0.1) is 0 Å². The lowest BCUT2D eigenvalue weighted by Crippen LogP contribution is -2.02. The first kappa shape index (κ1) is 15.0. The van der Waals surface area contributed by atoms with Crippen LogP contribution in [-0.2, 0) is 15.2 Å². The molecule has 0 heterocycles. The van der Waals surface area contributed by atoms with Crippen molar-refractivity contribution in [1.29, 1.82) is 0 Å². The fourth-order valence-electron chi connectivity index (χ4n) is 1.84. The van der Waals surface area contributed by atoms with E-state index in [1.54, 1.807) is 26.0 Å². The molecule has 2 rings (SSSR count). The number of ether oxygens (including phenoxy) is 2. The Kier molecular flexibility index (Phi) is 5.59. The van der Waals surface area contributed by atoms with Gasteiger partial charge in [-0.05, 0) is 29.8 Å². The SMILES string of the molecule is COC(OC)c1ccc(SCc2ccc(F)cc2)cc1. The Morgan fingerprint density at radius 2 is 1.55 bits per heavy atom. The number of hydrogen-bond acceptors (Lipinski definition) is 3. The Morgan fingerprint density at radius 1 is 0.950 bits per heavy atom. The minimum atomic E-state index is -0.328. The number of methoxy groups -OCH3 is 2. The monoisotopic (exact) mass is 292 g/mol. The smallest absolute Gasteiger partial charge is 0.183 e. The molecule has 20 heavy (non-hydrogen) atoms. The number of benzene rings is 2. The maximum Gasteiger partial charge on any atom is 0.183 e. The molecule has 2 aromatic carbocycles. The van der Waals surface area contributed by atoms with Crippen molar-refractivity contribution in [3.63, 3.8) is 0 Å². The summed E-state index contributed by atoms with van der Waals surface area (Å²) in [6.07, 6.45) is -0.328. The van der Waals surface area contributed by atoms with E-state index in [0.29, 0.717) is 0 Å². The van der Waals surface area contributed by atoms with Crippen molar-refractivity contribution in [2.45, 2.75) is 16.9 Å². The van der Waals surface area contributed by atoms with Crippen molar-refractivity contribution in [3.8, 4) is 0 Å². The van der Waals surface area contributed by atoms with Gasteiger partial charge in [0.2, 0.25) is 0 Å². The summed E-state index contributed by atoms with van der Waals surface area (Å²) in [5, 5.41) is 0. The summed E-state index contributed by atoms with van der Waals surface area (Å²) in [7, 11) is 3.23. The van der Waals surface area contributed by atoms with Gasteiger partial charge in [-0.2, -0.15) is 0 Å². The minimum absolute atomic E-state index is 0.201. The van der Waals surface area contributed by atoms with Crippen LogP contribution in [0.2, 0.25) is 0 Å². The molecule has 106 valence electrons. The topological polar surface area (TPSA) is 18.5 Å². The Balaban J connectivity index is 1.95. The third kappa shape index (κ3) is 4.07. The molecule has 0 atom stereocenters. The maximum absolute atomic E-state index is 12.8. The highest BCUT2D eigenvalue weighted by molar-refractivity contribution is 7.98. The third-order valence-corrected chi connectivity index (χ3v) is 3.98. The fraction of sp³-hybridized carbons (Fsp3) is 0.250. The molecular formula is C16H17FO2S. The van der Waals surface area contributed by atoms with Crippen LogP contribution >= 0.6 is 11.8 Å². The van der Waals surface area contributed by atoms with Crippen molar-refractivity contribution in [3.05, 3.63) is 65.5 Å². The molecule has 0 spiro atoms. The van der Waals surface area contributed by atoms with Gasteiger partial charge < -0.3 is 9.47 Å². The first-order valence-electron chi connectivity index (χ1n) is 6.25. The van der Waals surface area contributed by atoms with E-state index < -0.39 is 0 Å². The van der Waals surface area contributed by atoms with E-state index in [4.69, 9.17) is 9.47 Å². The van der Waals surface area contributed by atoms with E-state index >= 15 is 0 Å². The molecule has 0 radical (unpaired) electrons. The van der Waals surface area contributed by atoms with Crippen LogP contribution in [0.15, 0.2) is 53.4 Å². The van der Waals surface area contributed by atoms with E-state index in [1.165, 1.54) is 12.1 Å². The lowest BCUT2D eigenvalue weighted by Gasteiger charge is -2.13. The van der Waals surface area contributed by atoms with Crippen LogP contribution in [0.4, 0.5) is 4.39 Å². The first-order valence-corrected chi connectivity index (χ1v) is 7.24. The van der Waals surface area contributed by atoms with Crippen LogP contribution in [0.5, 0.6) is 0 Å². The lowest BCUT2D eigenvalue weighted by molar-refractivity contribution is -0.106. The standard InChI is InChI=1S/C16H17FO2S/c1-18-16(19-2)13-5-9-15(10-6-13)20-11-12-3-7-14(17)8-4-12/h3-10,16H,11H2,1-2H3. The van der Waals surface area contributed by atoms with E-state index in [-0.39, 0.29) is 12.1 Å². The molecule has 0 saturated carbocycles. The van der Waals surface area contributed by atoms with Crippen LogP contribution in [0, 0.1) is 5.82 Å². The van der Waals surface area contributed by atoms with Crippen LogP contribution in [-0.4, -0.2) is 14.2 Å². The Morgan fingerprint density at radius 3 is 2.10 bits per heavy atom. The lowest BCUT2D eigenvalue weighted by atomic mass is 10.2. The first-order chi connectivity index (χ1) is 9.72. The zero-order valence-corrected chi connectivity index (χ0v) is 12.3. The van der Waals surface area contributed by atoms with Crippen molar-refractivity contribution in [1.82, 2.24) is 0 Å². The van der Waals surface area contributed by atoms with Crippen LogP contribution < -0.4 is 0 Å². The number of hydrogen-bond donors (Lipinski definition) is 0. The average molecular weight is 292 g/mol. The second-order valence-electron chi connectivity index (χ2n) is 4.29. The highest BCUT2D eigenvalue weighted by atomic mass is 32.2.